The summed E-state index contributed by atoms with van der Waals surface area (Å²) in [4.78, 5) is 2.46. The lowest BCUT2D eigenvalue weighted by Gasteiger charge is -2.40. The Hall–Kier alpha value is -0.340. The first-order valence-electron chi connectivity index (χ1n) is 5.70. The predicted molar refractivity (Wildman–Crippen MR) is 62.5 cm³/mol. The molecule has 1 fully saturated rings. The molecule has 3 unspecified atom stereocenters. The largest absolute Gasteiger partial charge is 0.310 e. The van der Waals surface area contributed by atoms with E-state index in [2.05, 4.69) is 50.2 Å². The van der Waals surface area contributed by atoms with Gasteiger partial charge in [-0.3, -0.25) is 0 Å². The van der Waals surface area contributed by atoms with Gasteiger partial charge in [0.25, 0.3) is 0 Å². The van der Waals surface area contributed by atoms with Gasteiger partial charge in [0.15, 0.2) is 0 Å². The number of piperidine rings is 1. The highest BCUT2D eigenvalue weighted by molar-refractivity contribution is 4.89. The highest BCUT2D eigenvalue weighted by Crippen LogP contribution is 2.20. The molecule has 1 saturated heterocycles. The van der Waals surface area contributed by atoms with Gasteiger partial charge in [0.2, 0.25) is 0 Å². The lowest BCUT2D eigenvalue weighted by molar-refractivity contribution is 0.124. The Morgan fingerprint density at radius 2 is 2.14 bits per heavy atom. The molecule has 1 aliphatic heterocycles. The molecule has 1 rings (SSSR count). The van der Waals surface area contributed by atoms with E-state index in [9.17, 15) is 0 Å². The van der Waals surface area contributed by atoms with Crippen molar-refractivity contribution in [2.24, 2.45) is 5.92 Å². The molecule has 0 aromatic heterocycles. The first kappa shape index (κ1) is 11.7. The van der Waals surface area contributed by atoms with Gasteiger partial charge in [0, 0.05) is 25.2 Å². The number of allylic oxidation sites excluding steroid dienone is 1. The van der Waals surface area contributed by atoms with Crippen molar-refractivity contribution in [2.75, 3.05) is 20.1 Å². The minimum Gasteiger partial charge on any atom is -0.310 e. The standard InChI is InChI=1S/C12H24N2/c1-5-6-7-13-12-8-11(3)14(4)9-10(12)2/h5-6,10-13H,7-9H2,1-4H3/b6-5+. The average molecular weight is 196 g/mol. The number of hydrogen-bond acceptors (Lipinski definition) is 2. The smallest absolute Gasteiger partial charge is 0.0137 e. The van der Waals surface area contributed by atoms with Gasteiger partial charge in [-0.15, -0.1) is 0 Å². The number of nitrogens with zero attached hydrogens (tertiary/aromatic N) is 1. The van der Waals surface area contributed by atoms with Crippen LogP contribution in [0.1, 0.15) is 27.2 Å². The van der Waals surface area contributed by atoms with Gasteiger partial charge >= 0.3 is 0 Å². The third kappa shape index (κ3) is 3.10. The SMILES string of the molecule is C/C=C/CNC1CC(C)N(C)CC1C. The van der Waals surface area contributed by atoms with Gasteiger partial charge in [-0.05, 0) is 33.2 Å². The average Bonchev–Trinajstić information content (AvgIpc) is 2.14. The van der Waals surface area contributed by atoms with Crippen LogP contribution in [-0.2, 0) is 0 Å². The maximum Gasteiger partial charge on any atom is 0.0137 e. The van der Waals surface area contributed by atoms with E-state index in [1.807, 2.05) is 0 Å². The van der Waals surface area contributed by atoms with Crippen LogP contribution in [0.2, 0.25) is 0 Å². The zero-order valence-corrected chi connectivity index (χ0v) is 9.96. The van der Waals surface area contributed by atoms with E-state index in [0.717, 1.165) is 12.5 Å². The topological polar surface area (TPSA) is 15.3 Å². The molecule has 0 amide bonds. The van der Waals surface area contributed by atoms with E-state index in [-0.39, 0.29) is 0 Å². The van der Waals surface area contributed by atoms with Gasteiger partial charge in [0.1, 0.15) is 0 Å². The Kier molecular flexibility index (Phi) is 4.63. The van der Waals surface area contributed by atoms with Crippen molar-refractivity contribution in [3.8, 4) is 0 Å². The fourth-order valence-corrected chi connectivity index (χ4v) is 2.16. The third-order valence-electron chi connectivity index (χ3n) is 3.34. The summed E-state index contributed by atoms with van der Waals surface area (Å²) >= 11 is 0. The van der Waals surface area contributed by atoms with E-state index >= 15 is 0 Å². The van der Waals surface area contributed by atoms with Gasteiger partial charge < -0.3 is 10.2 Å². The van der Waals surface area contributed by atoms with Gasteiger partial charge in [-0.25, -0.2) is 0 Å². The molecule has 0 aliphatic carbocycles. The molecular formula is C12H24N2. The molecular weight excluding hydrogens is 172 g/mol. The van der Waals surface area contributed by atoms with Crippen molar-refractivity contribution in [3.63, 3.8) is 0 Å². The zero-order chi connectivity index (χ0) is 10.6. The molecule has 1 N–H and O–H groups in total. The van der Waals surface area contributed by atoms with Crippen LogP contribution in [0.25, 0.3) is 0 Å². The number of hydrogen-bond donors (Lipinski definition) is 1. The molecule has 14 heavy (non-hydrogen) atoms. The summed E-state index contributed by atoms with van der Waals surface area (Å²) in [5, 5.41) is 3.61. The number of nitrogens with one attached hydrogen (secondary N) is 1. The minimum atomic E-state index is 0.692. The minimum absolute atomic E-state index is 0.692. The fourth-order valence-electron chi connectivity index (χ4n) is 2.16. The Balaban J connectivity index is 2.37. The summed E-state index contributed by atoms with van der Waals surface area (Å²) in [6.07, 6.45) is 5.57. The first-order chi connectivity index (χ1) is 6.65. The van der Waals surface area contributed by atoms with Crippen molar-refractivity contribution in [1.29, 1.82) is 0 Å². The van der Waals surface area contributed by atoms with Crippen molar-refractivity contribution in [1.82, 2.24) is 10.2 Å². The van der Waals surface area contributed by atoms with Gasteiger partial charge in [-0.1, -0.05) is 19.1 Å². The molecule has 0 saturated carbocycles. The Labute approximate surface area is 88.4 Å². The fraction of sp³-hybridized carbons (Fsp3) is 0.833. The lowest BCUT2D eigenvalue weighted by atomic mass is 9.90. The van der Waals surface area contributed by atoms with Gasteiger partial charge in [0.05, 0.1) is 0 Å². The van der Waals surface area contributed by atoms with Crippen molar-refractivity contribution in [3.05, 3.63) is 12.2 Å². The van der Waals surface area contributed by atoms with E-state index < -0.39 is 0 Å². The zero-order valence-electron chi connectivity index (χ0n) is 9.96. The monoisotopic (exact) mass is 196 g/mol. The summed E-state index contributed by atoms with van der Waals surface area (Å²) < 4.78 is 0. The lowest BCUT2D eigenvalue weighted by Crippen LogP contribution is -2.50. The Morgan fingerprint density at radius 3 is 2.79 bits per heavy atom. The highest BCUT2D eigenvalue weighted by Gasteiger charge is 2.27. The van der Waals surface area contributed by atoms with Crippen LogP contribution in [0.5, 0.6) is 0 Å². The van der Waals surface area contributed by atoms with E-state index in [0.29, 0.717) is 12.1 Å². The van der Waals surface area contributed by atoms with Crippen molar-refractivity contribution < 1.29 is 0 Å². The third-order valence-corrected chi connectivity index (χ3v) is 3.34. The highest BCUT2D eigenvalue weighted by atomic mass is 15.2. The summed E-state index contributed by atoms with van der Waals surface area (Å²) in [7, 11) is 2.23. The second kappa shape index (κ2) is 5.52. The molecule has 0 spiro atoms. The second-order valence-electron chi connectivity index (χ2n) is 4.59. The molecule has 0 aromatic carbocycles. The van der Waals surface area contributed by atoms with E-state index in [4.69, 9.17) is 0 Å². The van der Waals surface area contributed by atoms with Crippen molar-refractivity contribution in [2.45, 2.75) is 39.3 Å². The predicted octanol–water partition coefficient (Wildman–Crippen LogP) is 1.88. The van der Waals surface area contributed by atoms with Crippen LogP contribution in [0.3, 0.4) is 0 Å². The molecule has 82 valence electrons. The van der Waals surface area contributed by atoms with Crippen LogP contribution >= 0.6 is 0 Å². The number of rotatable bonds is 3. The van der Waals surface area contributed by atoms with Crippen LogP contribution in [0.15, 0.2) is 12.2 Å². The Bertz CT molecular complexity index is 189. The summed E-state index contributed by atoms with van der Waals surface area (Å²) in [6, 6.07) is 1.41. The normalized spacial score (nSPS) is 35.3. The maximum absolute atomic E-state index is 3.61. The molecule has 2 heteroatoms. The van der Waals surface area contributed by atoms with Crippen LogP contribution < -0.4 is 5.32 Å². The van der Waals surface area contributed by atoms with Crippen LogP contribution in [0, 0.1) is 5.92 Å². The summed E-state index contributed by atoms with van der Waals surface area (Å²) in [6.45, 7) is 8.96. The molecule has 2 nitrogen and oxygen atoms in total. The molecule has 0 bridgehead atoms. The second-order valence-corrected chi connectivity index (χ2v) is 4.59. The summed E-state index contributed by atoms with van der Waals surface area (Å²) in [5.74, 6) is 0.765. The van der Waals surface area contributed by atoms with E-state index in [1.165, 1.54) is 13.0 Å². The molecule has 3 atom stereocenters. The Morgan fingerprint density at radius 1 is 1.43 bits per heavy atom. The van der Waals surface area contributed by atoms with Crippen molar-refractivity contribution >= 4 is 0 Å². The van der Waals surface area contributed by atoms with Crippen LogP contribution in [0.4, 0.5) is 0 Å². The molecule has 1 heterocycles. The first-order valence-corrected chi connectivity index (χ1v) is 5.70. The van der Waals surface area contributed by atoms with Crippen LogP contribution in [-0.4, -0.2) is 37.1 Å². The quantitative estimate of drug-likeness (QED) is 0.693. The molecule has 0 radical (unpaired) electrons. The number of likely N-dealkylation sites (tertiary alicyclic amines) is 1. The molecule has 1 aliphatic rings. The summed E-state index contributed by atoms with van der Waals surface area (Å²) in [5.41, 5.74) is 0. The molecule has 0 aromatic rings. The van der Waals surface area contributed by atoms with E-state index in [1.54, 1.807) is 0 Å². The maximum atomic E-state index is 3.61. The van der Waals surface area contributed by atoms with Gasteiger partial charge in [-0.2, -0.15) is 0 Å².